The quantitative estimate of drug-likeness (QED) is 0.786. The van der Waals surface area contributed by atoms with Gasteiger partial charge in [0.25, 0.3) is 0 Å². The zero-order chi connectivity index (χ0) is 18.7. The van der Waals surface area contributed by atoms with Gasteiger partial charge in [0.2, 0.25) is 5.91 Å². The molecule has 0 bridgehead atoms. The lowest BCUT2D eigenvalue weighted by Crippen LogP contribution is -2.52. The summed E-state index contributed by atoms with van der Waals surface area (Å²) < 4.78 is 0.788. The number of hydrogen-bond donors (Lipinski definition) is 2. The standard InChI is InChI=1S/C20H22BrN3O2/c1-13(2)18(23-20(26)22-16-9-5-4-8-15(16)21)19(25)24-12-11-14-7-3-6-10-17(14)24/h3-10,13,18H,11-12H2,1-2H3,(H2,22,23,26)/t18-/m0/s1. The molecular formula is C20H22BrN3O2. The van der Waals surface area contributed by atoms with E-state index in [9.17, 15) is 9.59 Å². The molecule has 5 nitrogen and oxygen atoms in total. The molecule has 0 saturated carbocycles. The van der Waals surface area contributed by atoms with Crippen LogP contribution >= 0.6 is 15.9 Å². The number of carbonyl (C=O) groups excluding carboxylic acids is 2. The van der Waals surface area contributed by atoms with Gasteiger partial charge in [0.1, 0.15) is 6.04 Å². The van der Waals surface area contributed by atoms with Gasteiger partial charge in [-0.15, -0.1) is 0 Å². The van der Waals surface area contributed by atoms with Crippen LogP contribution in [0, 0.1) is 5.92 Å². The largest absolute Gasteiger partial charge is 0.326 e. The Kier molecular flexibility index (Phi) is 5.61. The molecule has 3 rings (SSSR count). The molecule has 2 aromatic rings. The Hall–Kier alpha value is -2.34. The molecule has 3 amide bonds. The second-order valence-corrected chi connectivity index (χ2v) is 7.52. The number of hydrogen-bond acceptors (Lipinski definition) is 2. The van der Waals surface area contributed by atoms with Crippen molar-refractivity contribution >= 4 is 39.2 Å². The summed E-state index contributed by atoms with van der Waals surface area (Å²) in [7, 11) is 0. The summed E-state index contributed by atoms with van der Waals surface area (Å²) in [5, 5.41) is 5.63. The number of halogens is 1. The molecule has 2 N–H and O–H groups in total. The fraction of sp³-hybridized carbons (Fsp3) is 0.300. The Morgan fingerprint density at radius 1 is 1.08 bits per heavy atom. The number of nitrogens with zero attached hydrogens (tertiary/aromatic N) is 1. The lowest BCUT2D eigenvalue weighted by Gasteiger charge is -2.27. The number of fused-ring (bicyclic) bond motifs is 1. The molecule has 6 heteroatoms. The maximum Gasteiger partial charge on any atom is 0.319 e. The fourth-order valence-electron chi connectivity index (χ4n) is 3.11. The third kappa shape index (κ3) is 3.90. The van der Waals surface area contributed by atoms with E-state index in [4.69, 9.17) is 0 Å². The van der Waals surface area contributed by atoms with Crippen LogP contribution in [0.2, 0.25) is 0 Å². The Balaban J connectivity index is 1.72. The van der Waals surface area contributed by atoms with Crippen molar-refractivity contribution in [2.75, 3.05) is 16.8 Å². The summed E-state index contributed by atoms with van der Waals surface area (Å²) in [5.41, 5.74) is 2.77. The highest BCUT2D eigenvalue weighted by Crippen LogP contribution is 2.28. The summed E-state index contributed by atoms with van der Waals surface area (Å²) in [6, 6.07) is 14.3. The second kappa shape index (κ2) is 7.91. The zero-order valence-corrected chi connectivity index (χ0v) is 16.4. The normalized spacial score (nSPS) is 14.1. The van der Waals surface area contributed by atoms with E-state index in [-0.39, 0.29) is 11.8 Å². The molecule has 0 spiro atoms. The van der Waals surface area contributed by atoms with Crippen LogP contribution in [0.15, 0.2) is 53.0 Å². The van der Waals surface area contributed by atoms with Crippen LogP contribution in [-0.4, -0.2) is 24.5 Å². The van der Waals surface area contributed by atoms with Crippen LogP contribution < -0.4 is 15.5 Å². The third-order valence-electron chi connectivity index (χ3n) is 4.49. The summed E-state index contributed by atoms with van der Waals surface area (Å²) >= 11 is 3.40. The van der Waals surface area contributed by atoms with Crippen molar-refractivity contribution in [1.29, 1.82) is 0 Å². The molecule has 2 aromatic carbocycles. The van der Waals surface area contributed by atoms with Crippen molar-refractivity contribution in [2.24, 2.45) is 5.92 Å². The molecule has 26 heavy (non-hydrogen) atoms. The maximum atomic E-state index is 13.1. The minimum atomic E-state index is -0.594. The highest BCUT2D eigenvalue weighted by Gasteiger charge is 2.32. The van der Waals surface area contributed by atoms with Gasteiger partial charge in [0.15, 0.2) is 0 Å². The second-order valence-electron chi connectivity index (χ2n) is 6.67. The number of rotatable bonds is 4. The minimum Gasteiger partial charge on any atom is -0.326 e. The molecule has 0 saturated heterocycles. The van der Waals surface area contributed by atoms with Gasteiger partial charge in [0, 0.05) is 16.7 Å². The lowest BCUT2D eigenvalue weighted by molar-refractivity contribution is -0.121. The van der Waals surface area contributed by atoms with Gasteiger partial charge >= 0.3 is 6.03 Å². The molecule has 0 unspecified atom stereocenters. The first-order valence-electron chi connectivity index (χ1n) is 8.68. The summed E-state index contributed by atoms with van der Waals surface area (Å²) in [6.07, 6.45) is 0.843. The molecule has 0 aromatic heterocycles. The lowest BCUT2D eigenvalue weighted by atomic mass is 10.0. The molecule has 0 fully saturated rings. The van der Waals surface area contributed by atoms with E-state index < -0.39 is 12.1 Å². The average molecular weight is 416 g/mol. The van der Waals surface area contributed by atoms with Crippen molar-refractivity contribution in [3.63, 3.8) is 0 Å². The average Bonchev–Trinajstić information content (AvgIpc) is 3.05. The molecular weight excluding hydrogens is 394 g/mol. The number of para-hydroxylation sites is 2. The zero-order valence-electron chi connectivity index (χ0n) is 14.8. The Labute approximate surface area is 161 Å². The molecule has 1 aliphatic heterocycles. The first-order chi connectivity index (χ1) is 12.5. The van der Waals surface area contributed by atoms with Gasteiger partial charge in [0.05, 0.1) is 5.69 Å². The van der Waals surface area contributed by atoms with E-state index in [0.29, 0.717) is 12.2 Å². The van der Waals surface area contributed by atoms with Crippen LogP contribution in [0.5, 0.6) is 0 Å². The minimum absolute atomic E-state index is 0.0276. The van der Waals surface area contributed by atoms with Crippen LogP contribution in [0.25, 0.3) is 0 Å². The number of nitrogens with one attached hydrogen (secondary N) is 2. The smallest absolute Gasteiger partial charge is 0.319 e. The van der Waals surface area contributed by atoms with Crippen molar-refractivity contribution in [2.45, 2.75) is 26.3 Å². The number of carbonyl (C=O) groups is 2. The van der Waals surface area contributed by atoms with Gasteiger partial charge in [-0.1, -0.05) is 44.2 Å². The molecule has 1 atom stereocenters. The third-order valence-corrected chi connectivity index (χ3v) is 5.19. The summed E-state index contributed by atoms with van der Waals surface area (Å²) in [4.78, 5) is 27.3. The van der Waals surface area contributed by atoms with E-state index in [0.717, 1.165) is 16.6 Å². The van der Waals surface area contributed by atoms with Crippen LogP contribution in [-0.2, 0) is 11.2 Å². The van der Waals surface area contributed by atoms with E-state index >= 15 is 0 Å². The van der Waals surface area contributed by atoms with Gasteiger partial charge in [-0.05, 0) is 52.0 Å². The molecule has 0 aliphatic carbocycles. The predicted molar refractivity (Wildman–Crippen MR) is 107 cm³/mol. The van der Waals surface area contributed by atoms with Gasteiger partial charge in [-0.3, -0.25) is 4.79 Å². The van der Waals surface area contributed by atoms with Crippen LogP contribution in [0.1, 0.15) is 19.4 Å². The number of amides is 3. The Bertz CT molecular complexity index is 822. The first-order valence-corrected chi connectivity index (χ1v) is 9.48. The van der Waals surface area contributed by atoms with Crippen molar-refractivity contribution in [3.8, 4) is 0 Å². The van der Waals surface area contributed by atoms with E-state index in [2.05, 4.69) is 26.6 Å². The fourth-order valence-corrected chi connectivity index (χ4v) is 3.49. The summed E-state index contributed by atoms with van der Waals surface area (Å²) in [5.74, 6) is -0.104. The topological polar surface area (TPSA) is 61.4 Å². The van der Waals surface area contributed by atoms with Crippen molar-refractivity contribution in [1.82, 2.24) is 5.32 Å². The van der Waals surface area contributed by atoms with Crippen LogP contribution in [0.3, 0.4) is 0 Å². The highest BCUT2D eigenvalue weighted by molar-refractivity contribution is 9.10. The number of anilines is 2. The van der Waals surface area contributed by atoms with Crippen molar-refractivity contribution < 1.29 is 9.59 Å². The van der Waals surface area contributed by atoms with Crippen molar-refractivity contribution in [3.05, 3.63) is 58.6 Å². The molecule has 136 valence electrons. The SMILES string of the molecule is CC(C)[C@H](NC(=O)Nc1ccccc1Br)C(=O)N1CCc2ccccc21. The Morgan fingerprint density at radius 2 is 1.77 bits per heavy atom. The number of urea groups is 1. The monoisotopic (exact) mass is 415 g/mol. The molecule has 0 radical (unpaired) electrons. The first kappa shape index (κ1) is 18.5. The van der Waals surface area contributed by atoms with E-state index in [1.165, 1.54) is 5.56 Å². The van der Waals surface area contributed by atoms with Gasteiger partial charge < -0.3 is 15.5 Å². The van der Waals surface area contributed by atoms with E-state index in [1.807, 2.05) is 56.3 Å². The Morgan fingerprint density at radius 3 is 2.50 bits per heavy atom. The van der Waals surface area contributed by atoms with Gasteiger partial charge in [-0.25, -0.2) is 4.79 Å². The van der Waals surface area contributed by atoms with E-state index in [1.54, 1.807) is 11.0 Å². The van der Waals surface area contributed by atoms with Gasteiger partial charge in [-0.2, -0.15) is 0 Å². The molecule has 1 heterocycles. The summed E-state index contributed by atoms with van der Waals surface area (Å²) in [6.45, 7) is 4.52. The van der Waals surface area contributed by atoms with Crippen LogP contribution in [0.4, 0.5) is 16.2 Å². The number of benzene rings is 2. The maximum absolute atomic E-state index is 13.1. The highest BCUT2D eigenvalue weighted by atomic mass is 79.9. The predicted octanol–water partition coefficient (Wildman–Crippen LogP) is 4.18. The molecule has 1 aliphatic rings.